The van der Waals surface area contributed by atoms with Crippen molar-refractivity contribution < 1.29 is 0 Å². The summed E-state index contributed by atoms with van der Waals surface area (Å²) in [7, 11) is 0.0879. The molecule has 0 saturated heterocycles. The predicted molar refractivity (Wildman–Crippen MR) is 77.0 cm³/mol. The van der Waals surface area contributed by atoms with Crippen LogP contribution in [0.4, 0.5) is 0 Å². The Morgan fingerprint density at radius 3 is 1.43 bits per heavy atom. The van der Waals surface area contributed by atoms with Crippen molar-refractivity contribution in [2.24, 2.45) is 0 Å². The molecule has 0 aromatic carbocycles. The van der Waals surface area contributed by atoms with Crippen LogP contribution in [0, 0.1) is 0 Å². The van der Waals surface area contributed by atoms with Crippen LogP contribution in [-0.4, -0.2) is 41.6 Å². The fourth-order valence-corrected chi connectivity index (χ4v) is 7.69. The highest BCUT2D eigenvalue weighted by Gasteiger charge is 2.04. The third-order valence-electron chi connectivity index (χ3n) is 2.12. The zero-order valence-electron chi connectivity index (χ0n) is 8.32. The van der Waals surface area contributed by atoms with Crippen molar-refractivity contribution in [2.75, 3.05) is 11.8 Å². The topological polar surface area (TPSA) is 0 Å². The van der Waals surface area contributed by atoms with Gasteiger partial charge in [-0.3, -0.25) is 0 Å². The lowest BCUT2D eigenvalue weighted by atomic mass is 10.6. The van der Waals surface area contributed by atoms with Crippen molar-refractivity contribution in [1.29, 1.82) is 0 Å². The van der Waals surface area contributed by atoms with E-state index in [1.807, 2.05) is 0 Å². The fourth-order valence-electron chi connectivity index (χ4n) is 1.24. The van der Waals surface area contributed by atoms with Crippen LogP contribution in [0.1, 0.15) is 0 Å². The van der Waals surface area contributed by atoms with E-state index in [0.717, 1.165) is 0 Å². The summed E-state index contributed by atoms with van der Waals surface area (Å²) in [4.78, 5) is 0. The third-order valence-corrected chi connectivity index (χ3v) is 9.87. The van der Waals surface area contributed by atoms with Crippen LogP contribution in [0.15, 0.2) is 0 Å². The van der Waals surface area contributed by atoms with Gasteiger partial charge >= 0.3 is 0 Å². The van der Waals surface area contributed by atoms with Crippen molar-refractivity contribution in [2.45, 2.75) is 34.9 Å². The van der Waals surface area contributed by atoms with E-state index < -0.39 is 0 Å². The van der Waals surface area contributed by atoms with Crippen LogP contribution in [0.3, 0.4) is 0 Å². The fraction of sp³-hybridized carbons (Fsp3) is 1.00. The highest BCUT2D eigenvalue weighted by molar-refractivity contribution is 6.45. The summed E-state index contributed by atoms with van der Waals surface area (Å²) in [5, 5.41) is 0.433. The highest BCUT2D eigenvalue weighted by Crippen LogP contribution is 2.09. The molecule has 86 valence electrons. The maximum Gasteiger partial charge on any atom is 0.0443 e. The summed E-state index contributed by atoms with van der Waals surface area (Å²) >= 11 is 23.1. The molecule has 0 aliphatic carbocycles. The molecular formula is C8H18Cl4Si2. The van der Waals surface area contributed by atoms with Gasteiger partial charge in [0.25, 0.3) is 0 Å². The number of rotatable bonds is 9. The maximum absolute atomic E-state index is 5.93. The summed E-state index contributed by atoms with van der Waals surface area (Å²) in [6.45, 7) is 0. The minimum atomic E-state index is 0.0440. The molecular weight excluding hydrogens is 294 g/mol. The Morgan fingerprint density at radius 2 is 1.14 bits per heavy atom. The predicted octanol–water partition coefficient (Wildman–Crippen LogP) is 2.69. The normalized spacial score (nSPS) is 17.1. The molecule has 0 fully saturated rings. The molecule has 0 aromatic heterocycles. The Balaban J connectivity index is 3.06. The second-order valence-electron chi connectivity index (χ2n) is 3.49. The zero-order chi connectivity index (χ0) is 10.8. The lowest BCUT2D eigenvalue weighted by Crippen LogP contribution is -2.07. The van der Waals surface area contributed by atoms with Crippen molar-refractivity contribution in [3.63, 3.8) is 0 Å². The van der Waals surface area contributed by atoms with E-state index >= 15 is 0 Å². The summed E-state index contributed by atoms with van der Waals surface area (Å²) in [6.07, 6.45) is 0. The summed E-state index contributed by atoms with van der Waals surface area (Å²) < 4.78 is 0. The van der Waals surface area contributed by atoms with Gasteiger partial charge < -0.3 is 0 Å². The SMILES string of the molecule is ClCC(Cl)C[SiH2]CC[SiH2]CC(Cl)CCl. The quantitative estimate of drug-likeness (QED) is 0.349. The molecule has 2 atom stereocenters. The molecule has 0 heterocycles. The van der Waals surface area contributed by atoms with Crippen molar-refractivity contribution in [3.8, 4) is 0 Å². The number of hydrogen-bond acceptors (Lipinski definition) is 0. The van der Waals surface area contributed by atoms with Crippen LogP contribution in [0.25, 0.3) is 0 Å². The second-order valence-corrected chi connectivity index (χ2v) is 9.33. The molecule has 0 aromatic rings. The Kier molecular flexibility index (Phi) is 12.4. The van der Waals surface area contributed by atoms with E-state index in [2.05, 4.69) is 0 Å². The van der Waals surface area contributed by atoms with E-state index in [9.17, 15) is 0 Å². The highest BCUT2D eigenvalue weighted by atomic mass is 35.5. The van der Waals surface area contributed by atoms with Crippen LogP contribution in [0.2, 0.25) is 24.2 Å². The average molecular weight is 312 g/mol. The zero-order valence-corrected chi connectivity index (χ0v) is 14.2. The summed E-state index contributed by atoms with van der Waals surface area (Å²) in [6, 6.07) is 5.19. The van der Waals surface area contributed by atoms with E-state index in [1.165, 1.54) is 24.2 Å². The van der Waals surface area contributed by atoms with Crippen LogP contribution in [-0.2, 0) is 0 Å². The van der Waals surface area contributed by atoms with Crippen LogP contribution < -0.4 is 0 Å². The molecule has 14 heavy (non-hydrogen) atoms. The van der Waals surface area contributed by atoms with E-state index in [0.29, 0.717) is 11.8 Å². The Hall–Kier alpha value is 1.59. The van der Waals surface area contributed by atoms with Gasteiger partial charge in [0.1, 0.15) is 0 Å². The lowest BCUT2D eigenvalue weighted by Gasteiger charge is -2.05. The van der Waals surface area contributed by atoms with Gasteiger partial charge in [-0.15, -0.1) is 46.4 Å². The minimum Gasteiger partial charge on any atom is -0.125 e. The Morgan fingerprint density at radius 1 is 0.786 bits per heavy atom. The number of halogens is 4. The average Bonchev–Trinajstić information content (AvgIpc) is 2.22. The molecule has 0 rings (SSSR count). The van der Waals surface area contributed by atoms with Crippen molar-refractivity contribution >= 4 is 65.4 Å². The van der Waals surface area contributed by atoms with E-state index in [-0.39, 0.29) is 29.8 Å². The Bertz CT molecular complexity index is 112. The molecule has 0 saturated carbocycles. The Labute approximate surface area is 112 Å². The van der Waals surface area contributed by atoms with Gasteiger partial charge in [0, 0.05) is 41.6 Å². The molecule has 0 aliphatic heterocycles. The largest absolute Gasteiger partial charge is 0.125 e. The maximum atomic E-state index is 5.93. The van der Waals surface area contributed by atoms with Crippen molar-refractivity contribution in [1.82, 2.24) is 0 Å². The lowest BCUT2D eigenvalue weighted by molar-refractivity contribution is 1.07. The van der Waals surface area contributed by atoms with Gasteiger partial charge in [0.2, 0.25) is 0 Å². The summed E-state index contributed by atoms with van der Waals surface area (Å²) in [5.41, 5.74) is 0. The molecule has 0 bridgehead atoms. The molecule has 0 nitrogen and oxygen atoms in total. The first-order valence-electron chi connectivity index (χ1n) is 5.10. The van der Waals surface area contributed by atoms with E-state index in [4.69, 9.17) is 46.4 Å². The first-order chi connectivity index (χ1) is 6.70. The van der Waals surface area contributed by atoms with Crippen molar-refractivity contribution in [3.05, 3.63) is 0 Å². The molecule has 0 amide bonds. The molecule has 6 heteroatoms. The van der Waals surface area contributed by atoms with Gasteiger partial charge in [0.05, 0.1) is 0 Å². The monoisotopic (exact) mass is 310 g/mol. The number of hydrogen-bond donors (Lipinski definition) is 0. The molecule has 0 radical (unpaired) electrons. The van der Waals surface area contributed by atoms with Gasteiger partial charge in [-0.2, -0.15) is 0 Å². The van der Waals surface area contributed by atoms with Crippen LogP contribution in [0.5, 0.6) is 0 Å². The number of alkyl halides is 4. The van der Waals surface area contributed by atoms with Crippen LogP contribution >= 0.6 is 46.4 Å². The molecule has 0 spiro atoms. The standard InChI is InChI=1S/C8H18Cl4Si2/c9-3-7(11)5-13-1-2-14-6-8(12)4-10/h7-8H,1-6,13-14H2. The first kappa shape index (κ1) is 15.6. The molecule has 2 unspecified atom stereocenters. The van der Waals surface area contributed by atoms with Gasteiger partial charge in [0.15, 0.2) is 0 Å². The molecule has 0 N–H and O–H groups in total. The second kappa shape index (κ2) is 11.1. The third kappa shape index (κ3) is 10.1. The van der Waals surface area contributed by atoms with Gasteiger partial charge in [-0.05, 0) is 12.1 Å². The summed E-state index contributed by atoms with van der Waals surface area (Å²) in [5.74, 6) is 1.20. The van der Waals surface area contributed by atoms with Gasteiger partial charge in [-0.1, -0.05) is 12.1 Å². The first-order valence-corrected chi connectivity index (χ1v) is 11.0. The molecule has 0 aliphatic rings. The smallest absolute Gasteiger partial charge is 0.0443 e. The van der Waals surface area contributed by atoms with E-state index in [1.54, 1.807) is 0 Å². The minimum absolute atomic E-state index is 0.0440. The van der Waals surface area contributed by atoms with Gasteiger partial charge in [-0.25, -0.2) is 0 Å².